The van der Waals surface area contributed by atoms with Crippen molar-refractivity contribution in [1.29, 1.82) is 0 Å². The first-order valence-corrected chi connectivity index (χ1v) is 5.73. The zero-order chi connectivity index (χ0) is 10.7. The SMILES string of the molecule is O=C(O)C(O)c1cccc(Br)c1CBr. The predicted octanol–water partition coefficient (Wildman–Crippen LogP) is 2.46. The molecule has 0 aromatic heterocycles. The number of aliphatic carboxylic acids is 1. The molecule has 0 spiro atoms. The lowest BCUT2D eigenvalue weighted by Gasteiger charge is -2.11. The maximum Gasteiger partial charge on any atom is 0.337 e. The second kappa shape index (κ2) is 4.91. The molecule has 0 aliphatic rings. The highest BCUT2D eigenvalue weighted by Crippen LogP contribution is 2.27. The van der Waals surface area contributed by atoms with E-state index in [0.717, 1.165) is 10.0 Å². The molecule has 0 bridgehead atoms. The number of aliphatic hydroxyl groups excluding tert-OH is 1. The van der Waals surface area contributed by atoms with E-state index in [2.05, 4.69) is 31.9 Å². The molecule has 0 aliphatic heterocycles. The Hall–Kier alpha value is -0.390. The van der Waals surface area contributed by atoms with Crippen molar-refractivity contribution in [3.63, 3.8) is 0 Å². The van der Waals surface area contributed by atoms with E-state index in [1.165, 1.54) is 0 Å². The van der Waals surface area contributed by atoms with Crippen LogP contribution in [0.5, 0.6) is 0 Å². The summed E-state index contributed by atoms with van der Waals surface area (Å²) in [4.78, 5) is 10.6. The van der Waals surface area contributed by atoms with Crippen molar-refractivity contribution in [3.8, 4) is 0 Å². The highest BCUT2D eigenvalue weighted by atomic mass is 79.9. The predicted molar refractivity (Wildman–Crippen MR) is 59.4 cm³/mol. The third-order valence-corrected chi connectivity index (χ3v) is 3.12. The van der Waals surface area contributed by atoms with Crippen LogP contribution in [0.3, 0.4) is 0 Å². The van der Waals surface area contributed by atoms with Gasteiger partial charge in [0.2, 0.25) is 0 Å². The standard InChI is InChI=1S/C9H8Br2O3/c10-4-6-5(8(12)9(13)14)2-1-3-7(6)11/h1-3,8,12H,4H2,(H,13,14). The van der Waals surface area contributed by atoms with Gasteiger partial charge < -0.3 is 10.2 Å². The molecule has 0 radical (unpaired) electrons. The summed E-state index contributed by atoms with van der Waals surface area (Å²) in [7, 11) is 0. The molecule has 0 saturated carbocycles. The molecule has 1 aromatic carbocycles. The molecule has 14 heavy (non-hydrogen) atoms. The van der Waals surface area contributed by atoms with Crippen LogP contribution >= 0.6 is 31.9 Å². The Bertz CT molecular complexity index is 352. The van der Waals surface area contributed by atoms with Gasteiger partial charge >= 0.3 is 5.97 Å². The highest BCUT2D eigenvalue weighted by Gasteiger charge is 2.19. The minimum Gasteiger partial charge on any atom is -0.479 e. The van der Waals surface area contributed by atoms with Gasteiger partial charge in [-0.15, -0.1) is 0 Å². The number of aliphatic hydroxyl groups is 1. The average molecular weight is 324 g/mol. The second-order valence-corrected chi connectivity index (χ2v) is 4.10. The van der Waals surface area contributed by atoms with Crippen LogP contribution in [-0.4, -0.2) is 16.2 Å². The molecule has 0 saturated heterocycles. The zero-order valence-electron chi connectivity index (χ0n) is 7.08. The number of benzene rings is 1. The van der Waals surface area contributed by atoms with E-state index < -0.39 is 12.1 Å². The molecule has 3 nitrogen and oxygen atoms in total. The quantitative estimate of drug-likeness (QED) is 0.840. The van der Waals surface area contributed by atoms with E-state index in [1.807, 2.05) is 0 Å². The molecule has 5 heteroatoms. The Morgan fingerprint density at radius 3 is 2.64 bits per heavy atom. The molecule has 0 aliphatic carbocycles. The first kappa shape index (κ1) is 11.7. The molecule has 0 amide bonds. The molecule has 2 N–H and O–H groups in total. The zero-order valence-corrected chi connectivity index (χ0v) is 10.2. The summed E-state index contributed by atoms with van der Waals surface area (Å²) in [6.07, 6.45) is -1.47. The molecule has 0 fully saturated rings. The van der Waals surface area contributed by atoms with E-state index >= 15 is 0 Å². The molecule has 1 rings (SSSR count). The van der Waals surface area contributed by atoms with Crippen molar-refractivity contribution in [2.45, 2.75) is 11.4 Å². The molecule has 76 valence electrons. The fraction of sp³-hybridized carbons (Fsp3) is 0.222. The number of carboxylic acid groups (broad SMARTS) is 1. The van der Waals surface area contributed by atoms with E-state index in [4.69, 9.17) is 5.11 Å². The highest BCUT2D eigenvalue weighted by molar-refractivity contribution is 9.10. The van der Waals surface area contributed by atoms with Gasteiger partial charge in [0.25, 0.3) is 0 Å². The topological polar surface area (TPSA) is 57.5 Å². The van der Waals surface area contributed by atoms with Crippen LogP contribution in [0, 0.1) is 0 Å². The van der Waals surface area contributed by atoms with Crippen LogP contribution in [-0.2, 0) is 10.1 Å². The molecule has 1 aromatic rings. The average Bonchev–Trinajstić information content (AvgIpc) is 2.16. The first-order chi connectivity index (χ1) is 6.57. The molecule has 1 unspecified atom stereocenters. The maximum absolute atomic E-state index is 10.6. The Morgan fingerprint density at radius 2 is 2.14 bits per heavy atom. The van der Waals surface area contributed by atoms with Crippen molar-refractivity contribution in [3.05, 3.63) is 33.8 Å². The largest absolute Gasteiger partial charge is 0.479 e. The van der Waals surface area contributed by atoms with Crippen molar-refractivity contribution in [2.24, 2.45) is 0 Å². The molecular formula is C9H8Br2O3. The number of hydrogen-bond acceptors (Lipinski definition) is 2. The van der Waals surface area contributed by atoms with E-state index in [9.17, 15) is 9.90 Å². The summed E-state index contributed by atoms with van der Waals surface area (Å²) in [6, 6.07) is 5.09. The van der Waals surface area contributed by atoms with E-state index in [1.54, 1.807) is 18.2 Å². The van der Waals surface area contributed by atoms with Crippen molar-refractivity contribution in [1.82, 2.24) is 0 Å². The van der Waals surface area contributed by atoms with Crippen LogP contribution in [0.15, 0.2) is 22.7 Å². The smallest absolute Gasteiger partial charge is 0.337 e. The number of carboxylic acids is 1. The summed E-state index contributed by atoms with van der Waals surface area (Å²) in [5.41, 5.74) is 1.16. The fourth-order valence-corrected chi connectivity index (χ4v) is 2.63. The number of hydrogen-bond donors (Lipinski definition) is 2. The van der Waals surface area contributed by atoms with Crippen molar-refractivity contribution in [2.75, 3.05) is 0 Å². The van der Waals surface area contributed by atoms with Crippen LogP contribution in [0.1, 0.15) is 17.2 Å². The van der Waals surface area contributed by atoms with Crippen molar-refractivity contribution >= 4 is 37.8 Å². The van der Waals surface area contributed by atoms with Gasteiger partial charge in [-0.05, 0) is 17.2 Å². The Labute approximate surface area is 98.0 Å². The lowest BCUT2D eigenvalue weighted by molar-refractivity contribution is -0.147. The van der Waals surface area contributed by atoms with Gasteiger partial charge in [0, 0.05) is 9.80 Å². The van der Waals surface area contributed by atoms with Crippen LogP contribution in [0.4, 0.5) is 0 Å². The van der Waals surface area contributed by atoms with Gasteiger partial charge in [-0.1, -0.05) is 44.0 Å². The maximum atomic E-state index is 10.6. The Morgan fingerprint density at radius 1 is 1.50 bits per heavy atom. The third-order valence-electron chi connectivity index (χ3n) is 1.82. The summed E-state index contributed by atoms with van der Waals surface area (Å²) in [5.74, 6) is -1.25. The van der Waals surface area contributed by atoms with Gasteiger partial charge in [-0.25, -0.2) is 4.79 Å². The monoisotopic (exact) mass is 322 g/mol. The van der Waals surface area contributed by atoms with E-state index in [0.29, 0.717) is 10.9 Å². The van der Waals surface area contributed by atoms with Gasteiger partial charge in [-0.3, -0.25) is 0 Å². The molecule has 0 heterocycles. The van der Waals surface area contributed by atoms with Crippen LogP contribution in [0.25, 0.3) is 0 Å². The number of carbonyl (C=O) groups is 1. The fourth-order valence-electron chi connectivity index (χ4n) is 1.11. The van der Waals surface area contributed by atoms with Gasteiger partial charge in [0.05, 0.1) is 0 Å². The van der Waals surface area contributed by atoms with Crippen molar-refractivity contribution < 1.29 is 15.0 Å². The minimum atomic E-state index is -1.47. The number of rotatable bonds is 3. The van der Waals surface area contributed by atoms with Crippen LogP contribution < -0.4 is 0 Å². The minimum absolute atomic E-state index is 0.406. The Balaban J connectivity index is 3.20. The molecular weight excluding hydrogens is 316 g/mol. The van der Waals surface area contributed by atoms with Crippen LogP contribution in [0.2, 0.25) is 0 Å². The lowest BCUT2D eigenvalue weighted by Crippen LogP contribution is -2.12. The van der Waals surface area contributed by atoms with Gasteiger partial charge in [0.1, 0.15) is 0 Å². The normalized spacial score (nSPS) is 12.5. The van der Waals surface area contributed by atoms with Gasteiger partial charge in [-0.2, -0.15) is 0 Å². The third kappa shape index (κ3) is 2.34. The second-order valence-electron chi connectivity index (χ2n) is 2.68. The number of alkyl halides is 1. The molecule has 1 atom stereocenters. The van der Waals surface area contributed by atoms with Gasteiger partial charge in [0.15, 0.2) is 6.10 Å². The summed E-state index contributed by atoms with van der Waals surface area (Å²) in [5, 5.41) is 18.6. The first-order valence-electron chi connectivity index (χ1n) is 3.82. The Kier molecular flexibility index (Phi) is 4.10. The lowest BCUT2D eigenvalue weighted by atomic mass is 10.0. The summed E-state index contributed by atoms with van der Waals surface area (Å²) < 4.78 is 0.784. The summed E-state index contributed by atoms with van der Waals surface area (Å²) in [6.45, 7) is 0. The number of halogens is 2. The summed E-state index contributed by atoms with van der Waals surface area (Å²) >= 11 is 6.53. The van der Waals surface area contributed by atoms with E-state index in [-0.39, 0.29) is 0 Å².